The lowest BCUT2D eigenvalue weighted by atomic mass is 9.98. The number of benzene rings is 1. The van der Waals surface area contributed by atoms with Crippen molar-refractivity contribution < 1.29 is 23.8 Å². The van der Waals surface area contributed by atoms with E-state index < -0.39 is 11.9 Å². The molecule has 0 aliphatic rings. The molecule has 0 bridgehead atoms. The van der Waals surface area contributed by atoms with Crippen molar-refractivity contribution >= 4 is 11.9 Å². The van der Waals surface area contributed by atoms with Crippen molar-refractivity contribution in [2.75, 3.05) is 13.7 Å². The van der Waals surface area contributed by atoms with Gasteiger partial charge in [-0.25, -0.2) is 4.79 Å². The number of amides is 1. The maximum absolute atomic E-state index is 11.9. The van der Waals surface area contributed by atoms with Crippen molar-refractivity contribution in [3.63, 3.8) is 0 Å². The number of methoxy groups -OCH3 is 1. The highest BCUT2D eigenvalue weighted by atomic mass is 16.5. The van der Waals surface area contributed by atoms with Gasteiger partial charge in [-0.3, -0.25) is 4.79 Å². The van der Waals surface area contributed by atoms with Gasteiger partial charge in [-0.1, -0.05) is 19.1 Å². The van der Waals surface area contributed by atoms with Gasteiger partial charge in [-0.15, -0.1) is 0 Å². The highest BCUT2D eigenvalue weighted by molar-refractivity contribution is 5.93. The molecule has 2 aromatic rings. The molecule has 2 rings (SSSR count). The molecule has 1 atom stereocenters. The Hall–Kier alpha value is -2.76. The summed E-state index contributed by atoms with van der Waals surface area (Å²) in [6.07, 6.45) is 0.755. The minimum Gasteiger partial charge on any atom is -0.497 e. The van der Waals surface area contributed by atoms with E-state index in [0.29, 0.717) is 6.54 Å². The third kappa shape index (κ3) is 4.35. The zero-order valence-corrected chi connectivity index (χ0v) is 13.0. The summed E-state index contributed by atoms with van der Waals surface area (Å²) in [5.74, 6) is -0.786. The average Bonchev–Trinajstić information content (AvgIpc) is 3.05. The Bertz CT molecular complexity index is 675. The largest absolute Gasteiger partial charge is 0.497 e. The maximum atomic E-state index is 11.9. The number of carboxylic acids is 1. The molecule has 6 nitrogen and oxygen atoms in total. The van der Waals surface area contributed by atoms with Crippen LogP contribution in [0.2, 0.25) is 0 Å². The first kappa shape index (κ1) is 16.6. The molecule has 1 unspecified atom stereocenters. The first-order valence-electron chi connectivity index (χ1n) is 7.26. The van der Waals surface area contributed by atoms with Crippen molar-refractivity contribution in [2.45, 2.75) is 19.3 Å². The predicted octanol–water partition coefficient (Wildman–Crippen LogP) is 2.91. The van der Waals surface area contributed by atoms with Crippen LogP contribution in [0.15, 0.2) is 40.8 Å². The zero-order valence-electron chi connectivity index (χ0n) is 13.0. The molecule has 0 saturated heterocycles. The van der Waals surface area contributed by atoms with Crippen molar-refractivity contribution in [1.29, 1.82) is 0 Å². The van der Waals surface area contributed by atoms with Crippen LogP contribution in [0.25, 0.3) is 0 Å². The van der Waals surface area contributed by atoms with Crippen molar-refractivity contribution in [2.24, 2.45) is 0 Å². The van der Waals surface area contributed by atoms with Crippen LogP contribution >= 0.6 is 0 Å². The molecule has 122 valence electrons. The summed E-state index contributed by atoms with van der Waals surface area (Å²) in [6, 6.07) is 10.4. The van der Waals surface area contributed by atoms with E-state index in [1.165, 1.54) is 12.1 Å². The number of furan rings is 1. The Kier molecular flexibility index (Phi) is 5.41. The minimum atomic E-state index is -1.20. The first-order chi connectivity index (χ1) is 11.0. The fourth-order valence-electron chi connectivity index (χ4n) is 2.16. The highest BCUT2D eigenvalue weighted by Gasteiger charge is 2.15. The Morgan fingerprint density at radius 2 is 1.83 bits per heavy atom. The first-order valence-corrected chi connectivity index (χ1v) is 7.26. The quantitative estimate of drug-likeness (QED) is 0.819. The Labute approximate surface area is 134 Å². The second-order valence-electron chi connectivity index (χ2n) is 5.19. The van der Waals surface area contributed by atoms with Crippen LogP contribution in [-0.2, 0) is 0 Å². The van der Waals surface area contributed by atoms with E-state index in [9.17, 15) is 9.59 Å². The number of rotatable bonds is 7. The monoisotopic (exact) mass is 317 g/mol. The molecule has 23 heavy (non-hydrogen) atoms. The van der Waals surface area contributed by atoms with Crippen molar-refractivity contribution in [3.8, 4) is 5.75 Å². The highest BCUT2D eigenvalue weighted by Crippen LogP contribution is 2.21. The van der Waals surface area contributed by atoms with Gasteiger partial charge in [0.15, 0.2) is 5.76 Å². The third-order valence-electron chi connectivity index (χ3n) is 3.59. The summed E-state index contributed by atoms with van der Waals surface area (Å²) in [5, 5.41) is 11.5. The van der Waals surface area contributed by atoms with Gasteiger partial charge >= 0.3 is 5.97 Å². The SMILES string of the molecule is COc1ccc(C(C)CCNC(=O)c2ccc(C(=O)O)o2)cc1. The number of carbonyl (C=O) groups excluding carboxylic acids is 1. The van der Waals surface area contributed by atoms with Gasteiger partial charge in [0, 0.05) is 6.54 Å². The molecule has 0 aliphatic carbocycles. The normalized spacial score (nSPS) is 11.7. The van der Waals surface area contributed by atoms with Gasteiger partial charge in [0.25, 0.3) is 5.91 Å². The molecule has 2 N–H and O–H groups in total. The summed E-state index contributed by atoms with van der Waals surface area (Å²) < 4.78 is 10.1. The second-order valence-corrected chi connectivity index (χ2v) is 5.19. The standard InChI is InChI=1S/C17H19NO5/c1-11(12-3-5-13(22-2)6-4-12)9-10-18-16(19)14-7-8-15(23-14)17(20)21/h3-8,11H,9-10H2,1-2H3,(H,18,19)(H,20,21). The number of aromatic carboxylic acids is 1. The van der Waals surface area contributed by atoms with E-state index in [0.717, 1.165) is 17.7 Å². The van der Waals surface area contributed by atoms with Crippen LogP contribution in [0, 0.1) is 0 Å². The van der Waals surface area contributed by atoms with E-state index in [2.05, 4.69) is 12.2 Å². The van der Waals surface area contributed by atoms with Gasteiger partial charge in [-0.05, 0) is 42.2 Å². The van der Waals surface area contributed by atoms with Crippen LogP contribution in [0.3, 0.4) is 0 Å². The number of hydrogen-bond donors (Lipinski definition) is 2. The van der Waals surface area contributed by atoms with Crippen LogP contribution in [-0.4, -0.2) is 30.6 Å². The van der Waals surface area contributed by atoms with Gasteiger partial charge in [0.1, 0.15) is 5.75 Å². The molecule has 0 aliphatic heterocycles. The smallest absolute Gasteiger partial charge is 0.371 e. The Morgan fingerprint density at radius 3 is 2.39 bits per heavy atom. The number of carbonyl (C=O) groups is 2. The topological polar surface area (TPSA) is 88.8 Å². The molecule has 1 heterocycles. The van der Waals surface area contributed by atoms with Crippen molar-refractivity contribution in [1.82, 2.24) is 5.32 Å². The molecule has 1 aromatic heterocycles. The van der Waals surface area contributed by atoms with E-state index in [1.54, 1.807) is 7.11 Å². The molecule has 0 spiro atoms. The van der Waals surface area contributed by atoms with E-state index >= 15 is 0 Å². The molecular formula is C17H19NO5. The summed E-state index contributed by atoms with van der Waals surface area (Å²) in [5.41, 5.74) is 1.16. The molecule has 6 heteroatoms. The number of nitrogens with one attached hydrogen (secondary N) is 1. The lowest BCUT2D eigenvalue weighted by molar-refractivity contribution is 0.0659. The predicted molar refractivity (Wildman–Crippen MR) is 84.0 cm³/mol. The van der Waals surface area contributed by atoms with Gasteiger partial charge in [0.05, 0.1) is 7.11 Å². The number of hydrogen-bond acceptors (Lipinski definition) is 4. The molecule has 0 radical (unpaired) electrons. The summed E-state index contributed by atoms with van der Waals surface area (Å²) >= 11 is 0. The fraction of sp³-hybridized carbons (Fsp3) is 0.294. The maximum Gasteiger partial charge on any atom is 0.371 e. The lowest BCUT2D eigenvalue weighted by Crippen LogP contribution is -2.25. The van der Waals surface area contributed by atoms with E-state index in [-0.39, 0.29) is 17.4 Å². The van der Waals surface area contributed by atoms with Crippen LogP contribution < -0.4 is 10.1 Å². The van der Waals surface area contributed by atoms with Crippen LogP contribution in [0.4, 0.5) is 0 Å². The molecule has 0 saturated carbocycles. The van der Waals surface area contributed by atoms with Crippen LogP contribution in [0.1, 0.15) is 45.9 Å². The summed E-state index contributed by atoms with van der Waals surface area (Å²) in [6.45, 7) is 2.54. The molecular weight excluding hydrogens is 298 g/mol. The van der Waals surface area contributed by atoms with Gasteiger partial charge < -0.3 is 19.6 Å². The average molecular weight is 317 g/mol. The van der Waals surface area contributed by atoms with E-state index in [1.807, 2.05) is 24.3 Å². The molecule has 1 amide bonds. The second kappa shape index (κ2) is 7.49. The number of carboxylic acid groups (broad SMARTS) is 1. The Morgan fingerprint density at radius 1 is 1.17 bits per heavy atom. The fourth-order valence-corrected chi connectivity index (χ4v) is 2.16. The van der Waals surface area contributed by atoms with Gasteiger partial charge in [-0.2, -0.15) is 0 Å². The minimum absolute atomic E-state index is 0.000462. The van der Waals surface area contributed by atoms with Gasteiger partial charge in [0.2, 0.25) is 5.76 Å². The lowest BCUT2D eigenvalue weighted by Gasteiger charge is -2.12. The van der Waals surface area contributed by atoms with Crippen molar-refractivity contribution in [3.05, 3.63) is 53.5 Å². The van der Waals surface area contributed by atoms with E-state index in [4.69, 9.17) is 14.3 Å². The summed E-state index contributed by atoms with van der Waals surface area (Å²) in [7, 11) is 1.62. The number of ether oxygens (including phenoxy) is 1. The Balaban J connectivity index is 1.83. The van der Waals surface area contributed by atoms with Crippen LogP contribution in [0.5, 0.6) is 5.75 Å². The third-order valence-corrected chi connectivity index (χ3v) is 3.59. The summed E-state index contributed by atoms with van der Waals surface area (Å²) in [4.78, 5) is 22.6. The molecule has 1 aromatic carbocycles. The zero-order chi connectivity index (χ0) is 16.8. The molecule has 0 fully saturated rings.